The van der Waals surface area contributed by atoms with Crippen LogP contribution in [0.1, 0.15) is 23.2 Å². The lowest BCUT2D eigenvalue weighted by Gasteiger charge is -2.31. The summed E-state index contributed by atoms with van der Waals surface area (Å²) in [5, 5.41) is 0.764. The Bertz CT molecular complexity index is 681. The van der Waals surface area contributed by atoms with Crippen LogP contribution in [0.3, 0.4) is 0 Å². The van der Waals surface area contributed by atoms with Crippen LogP contribution in [-0.2, 0) is 9.53 Å². The van der Waals surface area contributed by atoms with E-state index in [9.17, 15) is 9.59 Å². The lowest BCUT2D eigenvalue weighted by Crippen LogP contribution is -2.48. The van der Waals surface area contributed by atoms with E-state index in [2.05, 4.69) is 0 Å². The topological polar surface area (TPSA) is 49.9 Å². The maximum atomic E-state index is 12.8. The van der Waals surface area contributed by atoms with Crippen LogP contribution in [0.5, 0.6) is 0 Å². The van der Waals surface area contributed by atoms with Gasteiger partial charge >= 0.3 is 0 Å². The fourth-order valence-electron chi connectivity index (χ4n) is 3.83. The van der Waals surface area contributed by atoms with Crippen LogP contribution < -0.4 is 0 Å². The van der Waals surface area contributed by atoms with Gasteiger partial charge in [-0.25, -0.2) is 0 Å². The molecule has 3 heterocycles. The highest BCUT2D eigenvalue weighted by molar-refractivity contribution is 6.42. The molecule has 0 unspecified atom stereocenters. The fraction of sp³-hybridized carbons (Fsp3) is 0.467. The van der Waals surface area contributed by atoms with E-state index in [1.165, 1.54) is 0 Å². The number of carbonyl (C=O) groups is 2. The first-order valence-corrected chi connectivity index (χ1v) is 7.99. The molecule has 0 aliphatic carbocycles. The largest absolute Gasteiger partial charge is 0.351 e. The molecule has 0 radical (unpaired) electrons. The maximum absolute atomic E-state index is 12.8. The number of nitrogens with zero attached hydrogens (tertiary/aromatic N) is 2. The number of ether oxygens (including phenoxy) is 1. The van der Waals surface area contributed by atoms with E-state index in [1.54, 1.807) is 28.0 Å². The van der Waals surface area contributed by atoms with E-state index >= 15 is 0 Å². The number of likely N-dealkylation sites (tertiary alicyclic amines) is 1. The molecule has 1 aromatic rings. The number of rotatable bonds is 1. The van der Waals surface area contributed by atoms with Crippen molar-refractivity contribution in [2.75, 3.05) is 19.7 Å². The molecule has 4 rings (SSSR count). The fourth-order valence-corrected chi connectivity index (χ4v) is 4.13. The summed E-state index contributed by atoms with van der Waals surface area (Å²) < 4.78 is 5.88. The maximum Gasteiger partial charge on any atom is 0.254 e. The third-order valence-electron chi connectivity index (χ3n) is 4.83. The summed E-state index contributed by atoms with van der Waals surface area (Å²) in [7, 11) is 0. The molecular weight excluding hydrogens is 327 g/mol. The quantitative estimate of drug-likeness (QED) is 0.787. The molecule has 1 spiro atoms. The van der Waals surface area contributed by atoms with Crippen molar-refractivity contribution in [1.82, 2.24) is 9.80 Å². The zero-order chi connectivity index (χ0) is 15.5. The van der Waals surface area contributed by atoms with Gasteiger partial charge in [-0.2, -0.15) is 0 Å². The molecule has 0 aromatic heterocycles. The molecule has 22 heavy (non-hydrogen) atoms. The van der Waals surface area contributed by atoms with Crippen molar-refractivity contribution in [3.63, 3.8) is 0 Å². The molecule has 3 aliphatic rings. The van der Waals surface area contributed by atoms with E-state index < -0.39 is 5.72 Å². The van der Waals surface area contributed by atoms with Gasteiger partial charge in [-0.05, 0) is 18.2 Å². The molecule has 0 N–H and O–H groups in total. The Morgan fingerprint density at radius 2 is 2.09 bits per heavy atom. The molecular formula is C15H14Cl2N2O3. The van der Waals surface area contributed by atoms with Crippen molar-refractivity contribution < 1.29 is 14.3 Å². The third kappa shape index (κ3) is 1.82. The average Bonchev–Trinajstić information content (AvgIpc) is 3.13. The second-order valence-electron chi connectivity index (χ2n) is 5.84. The monoisotopic (exact) mass is 340 g/mol. The van der Waals surface area contributed by atoms with Crippen molar-refractivity contribution in [2.24, 2.45) is 0 Å². The van der Waals surface area contributed by atoms with E-state index in [1.807, 2.05) is 0 Å². The van der Waals surface area contributed by atoms with Gasteiger partial charge in [-0.1, -0.05) is 23.2 Å². The Morgan fingerprint density at radius 3 is 2.86 bits per heavy atom. The van der Waals surface area contributed by atoms with Gasteiger partial charge in [0.05, 0.1) is 29.1 Å². The van der Waals surface area contributed by atoms with Crippen LogP contribution in [0.15, 0.2) is 18.2 Å². The minimum atomic E-state index is -0.608. The van der Waals surface area contributed by atoms with Crippen molar-refractivity contribution in [3.05, 3.63) is 33.8 Å². The van der Waals surface area contributed by atoms with Crippen molar-refractivity contribution in [3.8, 4) is 0 Å². The molecule has 7 heteroatoms. The van der Waals surface area contributed by atoms with Crippen LogP contribution in [0.4, 0.5) is 0 Å². The second-order valence-corrected chi connectivity index (χ2v) is 6.65. The molecule has 3 saturated heterocycles. The summed E-state index contributed by atoms with van der Waals surface area (Å²) in [5.74, 6) is -0.0697. The van der Waals surface area contributed by atoms with Crippen LogP contribution >= 0.6 is 23.2 Å². The van der Waals surface area contributed by atoms with Crippen LogP contribution in [0.25, 0.3) is 0 Å². The summed E-state index contributed by atoms with van der Waals surface area (Å²) in [6.45, 7) is 1.73. The summed E-state index contributed by atoms with van der Waals surface area (Å²) >= 11 is 11.9. The van der Waals surface area contributed by atoms with Gasteiger partial charge in [0, 0.05) is 25.1 Å². The standard InChI is InChI=1S/C15H14Cl2N2O3/c16-10-2-1-9(7-11(10)17)14(21)18-4-3-15-12(18)8-13(20)19(15)5-6-22-15/h1-2,7,12H,3-6,8H2/t12-,15+/m1/s1. The summed E-state index contributed by atoms with van der Waals surface area (Å²) in [5.41, 5.74) is -0.126. The molecule has 3 aliphatic heterocycles. The van der Waals surface area contributed by atoms with Crippen molar-refractivity contribution >= 4 is 35.0 Å². The molecule has 116 valence electrons. The number of hydrogen-bond acceptors (Lipinski definition) is 3. The molecule has 3 fully saturated rings. The first-order chi connectivity index (χ1) is 10.5. The Morgan fingerprint density at radius 1 is 1.27 bits per heavy atom. The minimum absolute atomic E-state index is 0.0640. The molecule has 5 nitrogen and oxygen atoms in total. The molecule has 1 aromatic carbocycles. The van der Waals surface area contributed by atoms with Crippen molar-refractivity contribution in [1.29, 1.82) is 0 Å². The normalized spacial score (nSPS) is 29.9. The predicted molar refractivity (Wildman–Crippen MR) is 80.9 cm³/mol. The highest BCUT2D eigenvalue weighted by atomic mass is 35.5. The number of benzene rings is 1. The zero-order valence-electron chi connectivity index (χ0n) is 11.7. The minimum Gasteiger partial charge on any atom is -0.351 e. The van der Waals surface area contributed by atoms with E-state index in [4.69, 9.17) is 27.9 Å². The molecule has 0 saturated carbocycles. The van der Waals surface area contributed by atoms with Gasteiger partial charge in [0.1, 0.15) is 0 Å². The van der Waals surface area contributed by atoms with Crippen LogP contribution in [0.2, 0.25) is 10.0 Å². The van der Waals surface area contributed by atoms with Gasteiger partial charge in [0.2, 0.25) is 5.91 Å². The van der Waals surface area contributed by atoms with Gasteiger partial charge in [0.15, 0.2) is 5.72 Å². The smallest absolute Gasteiger partial charge is 0.254 e. The van der Waals surface area contributed by atoms with Gasteiger partial charge < -0.3 is 14.5 Å². The average molecular weight is 341 g/mol. The Labute approximate surface area is 137 Å². The lowest BCUT2D eigenvalue weighted by atomic mass is 10.1. The zero-order valence-corrected chi connectivity index (χ0v) is 13.2. The third-order valence-corrected chi connectivity index (χ3v) is 5.57. The Balaban J connectivity index is 1.65. The van der Waals surface area contributed by atoms with Gasteiger partial charge in [-0.3, -0.25) is 9.59 Å². The number of amides is 2. The summed E-state index contributed by atoms with van der Waals surface area (Å²) in [6, 6.07) is 4.62. The lowest BCUT2D eigenvalue weighted by molar-refractivity contribution is -0.136. The highest BCUT2D eigenvalue weighted by Gasteiger charge is 2.62. The first kappa shape index (κ1) is 14.3. The van der Waals surface area contributed by atoms with E-state index in [0.717, 1.165) is 0 Å². The molecule has 0 bridgehead atoms. The predicted octanol–water partition coefficient (Wildman–Crippen LogP) is 2.17. The van der Waals surface area contributed by atoms with E-state index in [0.29, 0.717) is 48.1 Å². The number of hydrogen-bond donors (Lipinski definition) is 0. The van der Waals surface area contributed by atoms with Gasteiger partial charge in [-0.15, -0.1) is 0 Å². The second kappa shape index (κ2) is 4.85. The molecule has 2 atom stereocenters. The number of carbonyl (C=O) groups excluding carboxylic acids is 2. The Hall–Kier alpha value is -1.30. The summed E-state index contributed by atoms with van der Waals surface area (Å²) in [4.78, 5) is 28.5. The first-order valence-electron chi connectivity index (χ1n) is 7.23. The molecule has 2 amide bonds. The SMILES string of the molecule is O=C(c1ccc(Cl)c(Cl)c1)N1CC[C@@]23OCCN2C(=O)C[C@@H]13. The van der Waals surface area contributed by atoms with Crippen LogP contribution in [0, 0.1) is 0 Å². The number of halogens is 2. The highest BCUT2D eigenvalue weighted by Crippen LogP contribution is 2.46. The Kier molecular flexibility index (Phi) is 3.15. The van der Waals surface area contributed by atoms with Crippen molar-refractivity contribution in [2.45, 2.75) is 24.6 Å². The van der Waals surface area contributed by atoms with Crippen LogP contribution in [-0.4, -0.2) is 53.1 Å². The van der Waals surface area contributed by atoms with Gasteiger partial charge in [0.25, 0.3) is 5.91 Å². The van der Waals surface area contributed by atoms with E-state index in [-0.39, 0.29) is 17.9 Å². The summed E-state index contributed by atoms with van der Waals surface area (Å²) in [6.07, 6.45) is 0.990.